The molecule has 2 atom stereocenters. The second kappa shape index (κ2) is 4.72. The summed E-state index contributed by atoms with van der Waals surface area (Å²) < 4.78 is 0. The Labute approximate surface area is 98.2 Å². The summed E-state index contributed by atoms with van der Waals surface area (Å²) in [4.78, 5) is 16.0. The maximum Gasteiger partial charge on any atom is 0.242 e. The molecule has 94 valence electrons. The molecule has 1 N–H and O–H groups in total. The summed E-state index contributed by atoms with van der Waals surface area (Å²) in [5.74, 6) is 0.0300. The average molecular weight is 228 g/mol. The van der Waals surface area contributed by atoms with Gasteiger partial charge in [-0.1, -0.05) is 0 Å². The second-order valence-electron chi connectivity index (χ2n) is 5.65. The number of rotatable bonds is 1. The van der Waals surface area contributed by atoms with Gasteiger partial charge in [-0.25, -0.2) is 0 Å². The molecule has 1 aliphatic rings. The molecule has 1 amide bonds. The van der Waals surface area contributed by atoms with Gasteiger partial charge in [-0.3, -0.25) is 9.69 Å². The molecular formula is C12H24N2O2. The molecule has 0 radical (unpaired) electrons. The van der Waals surface area contributed by atoms with Crippen LogP contribution in [0.25, 0.3) is 0 Å². The van der Waals surface area contributed by atoms with E-state index in [0.29, 0.717) is 0 Å². The predicted molar refractivity (Wildman–Crippen MR) is 64.2 cm³/mol. The molecule has 2 unspecified atom stereocenters. The lowest BCUT2D eigenvalue weighted by atomic mass is 10.0. The van der Waals surface area contributed by atoms with Crippen LogP contribution in [-0.2, 0) is 4.79 Å². The largest absolute Gasteiger partial charge is 0.394 e. The molecule has 0 spiro atoms. The number of aliphatic hydroxyl groups excluding tert-OH is 1. The number of hydrogen-bond donors (Lipinski definition) is 1. The van der Waals surface area contributed by atoms with Gasteiger partial charge in [0.15, 0.2) is 0 Å². The fourth-order valence-electron chi connectivity index (χ4n) is 2.24. The highest BCUT2D eigenvalue weighted by atomic mass is 16.3. The molecule has 0 aromatic carbocycles. The van der Waals surface area contributed by atoms with Crippen LogP contribution in [0.1, 0.15) is 34.1 Å². The van der Waals surface area contributed by atoms with Gasteiger partial charge in [-0.2, -0.15) is 0 Å². The van der Waals surface area contributed by atoms with Crippen molar-refractivity contribution < 1.29 is 9.90 Å². The van der Waals surface area contributed by atoms with Gasteiger partial charge in [-0.05, 0) is 34.1 Å². The minimum absolute atomic E-state index is 0.0300. The van der Waals surface area contributed by atoms with Crippen LogP contribution < -0.4 is 0 Å². The minimum Gasteiger partial charge on any atom is -0.394 e. The molecule has 0 aromatic rings. The zero-order valence-electron chi connectivity index (χ0n) is 11.0. The van der Waals surface area contributed by atoms with Crippen molar-refractivity contribution in [1.29, 1.82) is 0 Å². The molecule has 4 heteroatoms. The lowest BCUT2D eigenvalue weighted by Gasteiger charge is -2.39. The Balaban J connectivity index is 2.98. The predicted octanol–water partition coefficient (Wildman–Crippen LogP) is 0.698. The van der Waals surface area contributed by atoms with E-state index in [0.717, 1.165) is 13.0 Å². The monoisotopic (exact) mass is 228 g/mol. The number of aliphatic hydroxyl groups is 1. The van der Waals surface area contributed by atoms with E-state index in [1.807, 2.05) is 7.05 Å². The highest BCUT2D eigenvalue weighted by Gasteiger charge is 2.38. The first-order chi connectivity index (χ1) is 7.29. The highest BCUT2D eigenvalue weighted by Crippen LogP contribution is 2.23. The molecule has 1 fully saturated rings. The van der Waals surface area contributed by atoms with Crippen molar-refractivity contribution in [3.05, 3.63) is 0 Å². The van der Waals surface area contributed by atoms with Crippen molar-refractivity contribution in [1.82, 2.24) is 9.80 Å². The van der Waals surface area contributed by atoms with Crippen molar-refractivity contribution >= 4 is 5.91 Å². The maximum atomic E-state index is 12.2. The standard InChI is InChI=1S/C12H24N2O2/c1-9-6-7-14(12(2,3)4)10(8-15)11(16)13(9)5/h9-10,15H,6-8H2,1-5H3. The first-order valence-corrected chi connectivity index (χ1v) is 5.93. The van der Waals surface area contributed by atoms with Gasteiger partial charge >= 0.3 is 0 Å². The smallest absolute Gasteiger partial charge is 0.242 e. The van der Waals surface area contributed by atoms with Gasteiger partial charge in [-0.15, -0.1) is 0 Å². The molecular weight excluding hydrogens is 204 g/mol. The normalized spacial score (nSPS) is 29.4. The van der Waals surface area contributed by atoms with Gasteiger partial charge in [0.05, 0.1) is 6.61 Å². The SMILES string of the molecule is CC1CCN(C(C)(C)C)C(CO)C(=O)N1C. The van der Waals surface area contributed by atoms with E-state index in [4.69, 9.17) is 0 Å². The number of hydrogen-bond acceptors (Lipinski definition) is 3. The van der Waals surface area contributed by atoms with Crippen LogP contribution in [-0.4, -0.2) is 58.6 Å². The Hall–Kier alpha value is -0.610. The molecule has 4 nitrogen and oxygen atoms in total. The van der Waals surface area contributed by atoms with Gasteiger partial charge in [0.1, 0.15) is 6.04 Å². The lowest BCUT2D eigenvalue weighted by molar-refractivity contribution is -0.138. The van der Waals surface area contributed by atoms with E-state index in [1.54, 1.807) is 4.90 Å². The van der Waals surface area contributed by atoms with Crippen LogP contribution >= 0.6 is 0 Å². The Bertz CT molecular complexity index is 260. The molecule has 0 aromatic heterocycles. The number of carbonyl (C=O) groups is 1. The summed E-state index contributed by atoms with van der Waals surface area (Å²) in [7, 11) is 1.82. The van der Waals surface area contributed by atoms with Crippen molar-refractivity contribution in [3.63, 3.8) is 0 Å². The molecule has 0 bridgehead atoms. The van der Waals surface area contributed by atoms with E-state index in [2.05, 4.69) is 32.6 Å². The van der Waals surface area contributed by atoms with Crippen LogP contribution in [0, 0.1) is 0 Å². The Kier molecular flexibility index (Phi) is 3.97. The molecule has 1 saturated heterocycles. The van der Waals surface area contributed by atoms with E-state index in [9.17, 15) is 9.90 Å². The molecule has 1 heterocycles. The molecule has 0 aliphatic carbocycles. The Morgan fingerprint density at radius 2 is 2.00 bits per heavy atom. The van der Waals surface area contributed by atoms with Gasteiger partial charge in [0.25, 0.3) is 0 Å². The second-order valence-corrected chi connectivity index (χ2v) is 5.65. The summed E-state index contributed by atoms with van der Waals surface area (Å²) in [6.45, 7) is 9.05. The maximum absolute atomic E-state index is 12.2. The fourth-order valence-corrected chi connectivity index (χ4v) is 2.24. The minimum atomic E-state index is -0.394. The third kappa shape index (κ3) is 2.55. The van der Waals surface area contributed by atoms with Crippen molar-refractivity contribution in [3.8, 4) is 0 Å². The van der Waals surface area contributed by atoms with E-state index in [1.165, 1.54) is 0 Å². The Morgan fingerprint density at radius 3 is 2.44 bits per heavy atom. The third-order valence-corrected chi connectivity index (χ3v) is 3.49. The van der Waals surface area contributed by atoms with E-state index >= 15 is 0 Å². The summed E-state index contributed by atoms with van der Waals surface area (Å²) >= 11 is 0. The number of amides is 1. The molecule has 1 aliphatic heterocycles. The van der Waals surface area contributed by atoms with Crippen molar-refractivity contribution in [2.45, 2.75) is 51.7 Å². The number of carbonyl (C=O) groups excluding carboxylic acids is 1. The first-order valence-electron chi connectivity index (χ1n) is 5.93. The van der Waals surface area contributed by atoms with E-state index < -0.39 is 6.04 Å². The van der Waals surface area contributed by atoms with Crippen LogP contribution in [0.2, 0.25) is 0 Å². The first kappa shape index (κ1) is 13.5. The van der Waals surface area contributed by atoms with Crippen LogP contribution in [0.5, 0.6) is 0 Å². The number of likely N-dealkylation sites (N-methyl/N-ethyl adjacent to an activating group) is 1. The fraction of sp³-hybridized carbons (Fsp3) is 0.917. The van der Waals surface area contributed by atoms with Crippen molar-refractivity contribution in [2.24, 2.45) is 0 Å². The zero-order valence-corrected chi connectivity index (χ0v) is 11.0. The van der Waals surface area contributed by atoms with Crippen LogP contribution in [0.3, 0.4) is 0 Å². The Morgan fingerprint density at radius 1 is 1.44 bits per heavy atom. The quantitative estimate of drug-likeness (QED) is 0.718. The van der Waals surface area contributed by atoms with Gasteiger partial charge in [0, 0.05) is 25.2 Å². The molecule has 0 saturated carbocycles. The van der Waals surface area contributed by atoms with Gasteiger partial charge in [0.2, 0.25) is 5.91 Å². The summed E-state index contributed by atoms with van der Waals surface area (Å²) in [6, 6.07) is -0.149. The van der Waals surface area contributed by atoms with Crippen molar-refractivity contribution in [2.75, 3.05) is 20.2 Å². The summed E-state index contributed by atoms with van der Waals surface area (Å²) in [5.41, 5.74) is -0.0893. The zero-order chi connectivity index (χ0) is 12.5. The van der Waals surface area contributed by atoms with Crippen LogP contribution in [0.15, 0.2) is 0 Å². The molecule has 16 heavy (non-hydrogen) atoms. The van der Waals surface area contributed by atoms with E-state index in [-0.39, 0.29) is 24.1 Å². The number of nitrogens with zero attached hydrogens (tertiary/aromatic N) is 2. The summed E-state index contributed by atoms with van der Waals surface area (Å²) in [5, 5.41) is 9.44. The summed E-state index contributed by atoms with van der Waals surface area (Å²) in [6.07, 6.45) is 0.954. The van der Waals surface area contributed by atoms with Gasteiger partial charge < -0.3 is 10.0 Å². The van der Waals surface area contributed by atoms with Crippen LogP contribution in [0.4, 0.5) is 0 Å². The highest BCUT2D eigenvalue weighted by molar-refractivity contribution is 5.82. The topological polar surface area (TPSA) is 43.8 Å². The average Bonchev–Trinajstić information content (AvgIpc) is 2.28. The molecule has 1 rings (SSSR count). The lowest BCUT2D eigenvalue weighted by Crippen LogP contribution is -2.54. The third-order valence-electron chi connectivity index (χ3n) is 3.49.